The lowest BCUT2D eigenvalue weighted by atomic mass is 10.0. The maximum absolute atomic E-state index is 13.7. The van der Waals surface area contributed by atoms with E-state index in [-0.39, 0.29) is 10.6 Å². The average molecular weight is 356 g/mol. The molecule has 0 aliphatic rings. The molecule has 0 heterocycles. The normalized spacial score (nSPS) is 12.4. The van der Waals surface area contributed by atoms with E-state index in [1.807, 2.05) is 0 Å². The molecule has 0 radical (unpaired) electrons. The smallest absolute Gasteiger partial charge is 0.127 e. The van der Waals surface area contributed by atoms with Gasteiger partial charge in [-0.05, 0) is 43.9 Å². The number of hydrogen-bond acceptors (Lipinski definition) is 0. The SMILES string of the molecule is Cc1ccc(CCC(Br)Cc2c(F)cccc2Cl)cc1. The number of rotatable bonds is 5. The molecule has 1 atom stereocenters. The van der Waals surface area contributed by atoms with Crippen molar-refractivity contribution in [2.24, 2.45) is 0 Å². The van der Waals surface area contributed by atoms with Gasteiger partial charge in [-0.3, -0.25) is 0 Å². The zero-order valence-corrected chi connectivity index (χ0v) is 13.7. The van der Waals surface area contributed by atoms with Crippen LogP contribution in [-0.4, -0.2) is 4.83 Å². The van der Waals surface area contributed by atoms with Crippen molar-refractivity contribution in [1.29, 1.82) is 0 Å². The molecule has 0 amide bonds. The van der Waals surface area contributed by atoms with Crippen LogP contribution < -0.4 is 0 Å². The van der Waals surface area contributed by atoms with E-state index >= 15 is 0 Å². The maximum atomic E-state index is 13.7. The first-order chi connectivity index (χ1) is 9.56. The molecule has 0 aromatic heterocycles. The number of halogens is 3. The van der Waals surface area contributed by atoms with Gasteiger partial charge in [0.25, 0.3) is 0 Å². The Morgan fingerprint density at radius 1 is 1.15 bits per heavy atom. The van der Waals surface area contributed by atoms with Crippen LogP contribution in [0, 0.1) is 12.7 Å². The molecular weight excluding hydrogens is 339 g/mol. The predicted molar refractivity (Wildman–Crippen MR) is 87.3 cm³/mol. The first-order valence-corrected chi connectivity index (χ1v) is 7.98. The standard InChI is InChI=1S/C17H17BrClF/c1-12-5-7-13(8-6-12)9-10-14(18)11-15-16(19)3-2-4-17(15)20/h2-8,14H,9-11H2,1H3. The highest BCUT2D eigenvalue weighted by molar-refractivity contribution is 9.09. The topological polar surface area (TPSA) is 0 Å². The average Bonchev–Trinajstić information content (AvgIpc) is 2.42. The predicted octanol–water partition coefficient (Wildman–Crippen LogP) is 5.73. The van der Waals surface area contributed by atoms with E-state index in [4.69, 9.17) is 11.6 Å². The van der Waals surface area contributed by atoms with Crippen molar-refractivity contribution in [1.82, 2.24) is 0 Å². The van der Waals surface area contributed by atoms with E-state index in [1.165, 1.54) is 17.2 Å². The van der Waals surface area contributed by atoms with Crippen LogP contribution in [0.1, 0.15) is 23.1 Å². The molecule has 106 valence electrons. The molecule has 3 heteroatoms. The van der Waals surface area contributed by atoms with Gasteiger partial charge in [0, 0.05) is 15.4 Å². The van der Waals surface area contributed by atoms with Gasteiger partial charge in [-0.25, -0.2) is 4.39 Å². The molecule has 2 aromatic carbocycles. The summed E-state index contributed by atoms with van der Waals surface area (Å²) in [5.41, 5.74) is 3.17. The van der Waals surface area contributed by atoms with Gasteiger partial charge in [0.2, 0.25) is 0 Å². The van der Waals surface area contributed by atoms with Crippen LogP contribution in [0.5, 0.6) is 0 Å². The van der Waals surface area contributed by atoms with Gasteiger partial charge in [-0.2, -0.15) is 0 Å². The first-order valence-electron chi connectivity index (χ1n) is 6.69. The molecule has 0 N–H and O–H groups in total. The molecule has 20 heavy (non-hydrogen) atoms. The van der Waals surface area contributed by atoms with E-state index in [2.05, 4.69) is 47.1 Å². The van der Waals surface area contributed by atoms with Gasteiger partial charge in [0.05, 0.1) is 0 Å². The van der Waals surface area contributed by atoms with Crippen molar-refractivity contribution < 1.29 is 4.39 Å². The molecule has 1 unspecified atom stereocenters. The first kappa shape index (κ1) is 15.5. The molecule has 0 aliphatic carbocycles. The fourth-order valence-corrected chi connectivity index (χ4v) is 2.92. The zero-order chi connectivity index (χ0) is 14.5. The molecule has 0 nitrogen and oxygen atoms in total. The Labute approximate surface area is 133 Å². The molecule has 0 spiro atoms. The van der Waals surface area contributed by atoms with Gasteiger partial charge in [0.1, 0.15) is 5.82 Å². The summed E-state index contributed by atoms with van der Waals surface area (Å²) in [5.74, 6) is -0.225. The molecule has 2 aromatic rings. The Morgan fingerprint density at radius 3 is 2.50 bits per heavy atom. The Hall–Kier alpha value is -0.860. The molecule has 0 bridgehead atoms. The van der Waals surface area contributed by atoms with Crippen LogP contribution in [-0.2, 0) is 12.8 Å². The highest BCUT2D eigenvalue weighted by atomic mass is 79.9. The van der Waals surface area contributed by atoms with E-state index in [0.29, 0.717) is 17.0 Å². The van der Waals surface area contributed by atoms with Gasteiger partial charge >= 0.3 is 0 Å². The molecule has 0 aliphatic heterocycles. The highest BCUT2D eigenvalue weighted by Crippen LogP contribution is 2.24. The minimum absolute atomic E-state index is 0.221. The summed E-state index contributed by atoms with van der Waals surface area (Å²) < 4.78 is 13.7. The van der Waals surface area contributed by atoms with Crippen molar-refractivity contribution in [3.8, 4) is 0 Å². The van der Waals surface area contributed by atoms with Crippen molar-refractivity contribution in [2.75, 3.05) is 0 Å². The van der Waals surface area contributed by atoms with Crippen LogP contribution in [0.4, 0.5) is 4.39 Å². The van der Waals surface area contributed by atoms with E-state index in [9.17, 15) is 4.39 Å². The monoisotopic (exact) mass is 354 g/mol. The Bertz CT molecular complexity index is 545. The summed E-state index contributed by atoms with van der Waals surface area (Å²) in [4.78, 5) is 0.221. The number of benzene rings is 2. The van der Waals surface area contributed by atoms with E-state index in [1.54, 1.807) is 12.1 Å². The van der Waals surface area contributed by atoms with Crippen LogP contribution in [0.3, 0.4) is 0 Å². The Morgan fingerprint density at radius 2 is 1.85 bits per heavy atom. The quantitative estimate of drug-likeness (QED) is 0.601. The summed E-state index contributed by atoms with van der Waals surface area (Å²) in [5, 5.41) is 0.504. The number of alkyl halides is 1. The molecule has 0 saturated heterocycles. The van der Waals surface area contributed by atoms with Crippen LogP contribution in [0.25, 0.3) is 0 Å². The third-order valence-electron chi connectivity index (χ3n) is 3.35. The largest absolute Gasteiger partial charge is 0.207 e. The Balaban J connectivity index is 1.92. The summed E-state index contributed by atoms with van der Waals surface area (Å²) in [7, 11) is 0. The van der Waals surface area contributed by atoms with Gasteiger partial charge in [-0.1, -0.05) is 63.4 Å². The summed E-state index contributed by atoms with van der Waals surface area (Å²) in [6.07, 6.45) is 2.54. The van der Waals surface area contributed by atoms with Crippen LogP contribution >= 0.6 is 27.5 Å². The van der Waals surface area contributed by atoms with Gasteiger partial charge in [-0.15, -0.1) is 0 Å². The minimum atomic E-state index is -0.225. The van der Waals surface area contributed by atoms with Crippen LogP contribution in [0.2, 0.25) is 5.02 Å². The second-order valence-electron chi connectivity index (χ2n) is 5.03. The lowest BCUT2D eigenvalue weighted by molar-refractivity contribution is 0.603. The second-order valence-corrected chi connectivity index (χ2v) is 6.73. The van der Waals surface area contributed by atoms with Crippen molar-refractivity contribution in [3.05, 3.63) is 70.0 Å². The maximum Gasteiger partial charge on any atom is 0.127 e. The third-order valence-corrected chi connectivity index (χ3v) is 4.49. The number of hydrogen-bond donors (Lipinski definition) is 0. The van der Waals surface area contributed by atoms with Crippen molar-refractivity contribution >= 4 is 27.5 Å². The van der Waals surface area contributed by atoms with Gasteiger partial charge < -0.3 is 0 Å². The van der Waals surface area contributed by atoms with E-state index < -0.39 is 0 Å². The molecular formula is C17H17BrClF. The zero-order valence-electron chi connectivity index (χ0n) is 11.4. The van der Waals surface area contributed by atoms with Crippen LogP contribution in [0.15, 0.2) is 42.5 Å². The summed E-state index contributed by atoms with van der Waals surface area (Å²) >= 11 is 9.68. The van der Waals surface area contributed by atoms with E-state index in [0.717, 1.165) is 12.8 Å². The lowest BCUT2D eigenvalue weighted by Crippen LogP contribution is -2.06. The molecule has 0 fully saturated rings. The van der Waals surface area contributed by atoms with Gasteiger partial charge in [0.15, 0.2) is 0 Å². The lowest BCUT2D eigenvalue weighted by Gasteiger charge is -2.12. The third kappa shape index (κ3) is 4.32. The summed E-state index contributed by atoms with van der Waals surface area (Å²) in [6, 6.07) is 13.4. The van der Waals surface area contributed by atoms with Crippen molar-refractivity contribution in [2.45, 2.75) is 31.0 Å². The number of aryl methyl sites for hydroxylation is 2. The van der Waals surface area contributed by atoms with Crippen molar-refractivity contribution in [3.63, 3.8) is 0 Å². The Kier molecular flexibility index (Phi) is 5.62. The fourth-order valence-electron chi connectivity index (χ4n) is 2.13. The molecule has 0 saturated carbocycles. The molecule has 2 rings (SSSR count). The second kappa shape index (κ2) is 7.24. The highest BCUT2D eigenvalue weighted by Gasteiger charge is 2.12. The summed E-state index contributed by atoms with van der Waals surface area (Å²) in [6.45, 7) is 2.08. The minimum Gasteiger partial charge on any atom is -0.207 e. The fraction of sp³-hybridized carbons (Fsp3) is 0.294.